The molecule has 1 aromatic carbocycles. The van der Waals surface area contributed by atoms with Gasteiger partial charge in [-0.15, -0.1) is 0 Å². The van der Waals surface area contributed by atoms with Gasteiger partial charge in [-0.1, -0.05) is 42.5 Å². The fraction of sp³-hybridized carbons (Fsp3) is 0.364. The lowest BCUT2D eigenvalue weighted by atomic mass is 10.1. The van der Waals surface area contributed by atoms with E-state index in [1.54, 1.807) is 18.6 Å². The van der Waals surface area contributed by atoms with Gasteiger partial charge in [-0.3, -0.25) is 9.88 Å². The summed E-state index contributed by atoms with van der Waals surface area (Å²) in [5.41, 5.74) is 4.01. The minimum absolute atomic E-state index is 0.397. The Bertz CT molecular complexity index is 1440. The molecule has 3 N–H and O–H groups in total. The van der Waals surface area contributed by atoms with Gasteiger partial charge >= 0.3 is 5.97 Å². The Morgan fingerprint density at radius 1 is 1.00 bits per heavy atom. The van der Waals surface area contributed by atoms with Crippen LogP contribution in [0.25, 0.3) is 11.3 Å². The van der Waals surface area contributed by atoms with Gasteiger partial charge in [0.1, 0.15) is 24.3 Å². The zero-order chi connectivity index (χ0) is 29.7. The van der Waals surface area contributed by atoms with Crippen LogP contribution in [0.4, 0.5) is 11.6 Å². The third-order valence-electron chi connectivity index (χ3n) is 7.46. The fourth-order valence-corrected chi connectivity index (χ4v) is 5.13. The van der Waals surface area contributed by atoms with E-state index in [1.165, 1.54) is 5.56 Å². The molecule has 0 spiro atoms. The van der Waals surface area contributed by atoms with Crippen LogP contribution in [0.1, 0.15) is 36.9 Å². The minimum Gasteiger partial charge on any atom is -0.480 e. The highest BCUT2D eigenvalue weighted by Crippen LogP contribution is 2.21. The number of aryl methyl sites for hydroxylation is 2. The molecule has 0 saturated carbocycles. The van der Waals surface area contributed by atoms with E-state index in [2.05, 4.69) is 42.6 Å². The molecule has 10 heteroatoms. The average Bonchev–Trinajstić information content (AvgIpc) is 3.05. The van der Waals surface area contributed by atoms with Crippen LogP contribution in [-0.4, -0.2) is 74.7 Å². The van der Waals surface area contributed by atoms with E-state index in [0.29, 0.717) is 43.5 Å². The maximum absolute atomic E-state index is 12.2. The van der Waals surface area contributed by atoms with Gasteiger partial charge in [-0.25, -0.2) is 19.7 Å². The number of aliphatic carboxylic acids is 1. The maximum Gasteiger partial charge on any atom is 0.326 e. The molecular formula is C33H39N7O3. The van der Waals surface area contributed by atoms with Crippen molar-refractivity contribution < 1.29 is 14.6 Å². The van der Waals surface area contributed by atoms with E-state index < -0.39 is 12.0 Å². The smallest absolute Gasteiger partial charge is 0.326 e. The fourth-order valence-electron chi connectivity index (χ4n) is 5.13. The van der Waals surface area contributed by atoms with E-state index in [1.807, 2.05) is 48.5 Å². The topological polar surface area (TPSA) is 125 Å². The summed E-state index contributed by atoms with van der Waals surface area (Å²) in [6.07, 6.45) is 10.4. The molecule has 0 radical (unpaired) electrons. The molecule has 224 valence electrons. The largest absolute Gasteiger partial charge is 0.480 e. The standard InChI is InChI=1S/C33H39N7O3/c41-33(42)28(38-30-24-34-23-29(39-30)25-9-2-1-3-10-25)16-20-40(21-22-43-31-13-4-6-17-35-31)19-7-5-12-27-15-14-26-11-8-18-36-32(26)37-27/h1-4,6,9-10,13-15,17,23-24,28H,5,7-8,11-12,16,18-22H2,(H,36,37)(H,38,39)(H,41,42)/t28-/m0/s1. The summed E-state index contributed by atoms with van der Waals surface area (Å²) in [5, 5.41) is 16.5. The van der Waals surface area contributed by atoms with Crippen LogP contribution in [0.3, 0.4) is 0 Å². The highest BCUT2D eigenvalue weighted by Gasteiger charge is 2.20. The van der Waals surface area contributed by atoms with Crippen LogP contribution < -0.4 is 15.4 Å². The number of hydrogen-bond donors (Lipinski definition) is 3. The van der Waals surface area contributed by atoms with Crippen LogP contribution in [0.15, 0.2) is 79.3 Å². The van der Waals surface area contributed by atoms with Gasteiger partial charge in [-0.2, -0.15) is 0 Å². The first-order valence-electron chi connectivity index (χ1n) is 15.0. The van der Waals surface area contributed by atoms with Crippen molar-refractivity contribution in [2.75, 3.05) is 43.4 Å². The Morgan fingerprint density at radius 2 is 1.88 bits per heavy atom. The molecule has 10 nitrogen and oxygen atoms in total. The van der Waals surface area contributed by atoms with Crippen molar-refractivity contribution in [1.29, 1.82) is 0 Å². The summed E-state index contributed by atoms with van der Waals surface area (Å²) < 4.78 is 5.85. The molecule has 0 bridgehead atoms. The molecule has 0 unspecified atom stereocenters. The second-order valence-corrected chi connectivity index (χ2v) is 10.6. The summed E-state index contributed by atoms with van der Waals surface area (Å²) in [4.78, 5) is 32.4. The van der Waals surface area contributed by atoms with Gasteiger partial charge in [-0.05, 0) is 62.8 Å². The maximum atomic E-state index is 12.2. The zero-order valence-corrected chi connectivity index (χ0v) is 24.4. The lowest BCUT2D eigenvalue weighted by molar-refractivity contribution is -0.138. The van der Waals surface area contributed by atoms with E-state index in [4.69, 9.17) is 9.72 Å². The van der Waals surface area contributed by atoms with Gasteiger partial charge in [0.2, 0.25) is 5.88 Å². The van der Waals surface area contributed by atoms with E-state index in [-0.39, 0.29) is 0 Å². The number of nitrogens with zero attached hydrogens (tertiary/aromatic N) is 5. The number of benzene rings is 1. The molecule has 0 saturated heterocycles. The van der Waals surface area contributed by atoms with Crippen molar-refractivity contribution in [1.82, 2.24) is 24.8 Å². The van der Waals surface area contributed by atoms with E-state index >= 15 is 0 Å². The quantitative estimate of drug-likeness (QED) is 0.157. The molecule has 3 aromatic heterocycles. The summed E-state index contributed by atoms with van der Waals surface area (Å²) >= 11 is 0. The van der Waals surface area contributed by atoms with Crippen LogP contribution in [0, 0.1) is 0 Å². The normalized spacial score (nSPS) is 13.1. The molecule has 1 aliphatic heterocycles. The van der Waals surface area contributed by atoms with Crippen molar-refractivity contribution in [3.05, 3.63) is 90.5 Å². The summed E-state index contributed by atoms with van der Waals surface area (Å²) in [5.74, 6) is 1.12. The number of anilines is 2. The Balaban J connectivity index is 1.16. The average molecular weight is 582 g/mol. The first-order valence-corrected chi connectivity index (χ1v) is 15.0. The summed E-state index contributed by atoms with van der Waals surface area (Å²) in [6, 6.07) is 18.8. The highest BCUT2D eigenvalue weighted by molar-refractivity contribution is 5.77. The van der Waals surface area contributed by atoms with Gasteiger partial charge in [0.15, 0.2) is 0 Å². The number of hydrogen-bond acceptors (Lipinski definition) is 9. The number of pyridine rings is 2. The third-order valence-corrected chi connectivity index (χ3v) is 7.46. The Hall–Kier alpha value is -4.57. The Kier molecular flexibility index (Phi) is 10.8. The molecular weight excluding hydrogens is 542 g/mol. The molecule has 43 heavy (non-hydrogen) atoms. The number of fused-ring (bicyclic) bond motifs is 1. The SMILES string of the molecule is O=C(O)[C@H](CCN(CCCCc1ccc2c(n1)NCCC2)CCOc1ccccn1)Nc1cncc(-c2ccccc2)n1. The lowest BCUT2D eigenvalue weighted by Crippen LogP contribution is -2.37. The molecule has 1 atom stereocenters. The number of ether oxygens (including phenoxy) is 1. The van der Waals surface area contributed by atoms with Crippen molar-refractivity contribution in [2.24, 2.45) is 0 Å². The van der Waals surface area contributed by atoms with Crippen molar-refractivity contribution in [2.45, 2.75) is 44.6 Å². The highest BCUT2D eigenvalue weighted by atomic mass is 16.5. The number of aromatic nitrogens is 4. The summed E-state index contributed by atoms with van der Waals surface area (Å²) in [6.45, 7) is 3.51. The Labute approximate surface area is 252 Å². The predicted octanol–water partition coefficient (Wildman–Crippen LogP) is 4.95. The molecule has 4 heterocycles. The van der Waals surface area contributed by atoms with Crippen LogP contribution in [0.2, 0.25) is 0 Å². The molecule has 0 fully saturated rings. The monoisotopic (exact) mass is 581 g/mol. The van der Waals surface area contributed by atoms with Crippen molar-refractivity contribution in [3.63, 3.8) is 0 Å². The van der Waals surface area contributed by atoms with E-state index in [0.717, 1.165) is 62.3 Å². The first-order chi connectivity index (χ1) is 21.1. The first kappa shape index (κ1) is 29.9. The molecule has 0 amide bonds. The third kappa shape index (κ3) is 9.21. The molecule has 5 rings (SSSR count). The van der Waals surface area contributed by atoms with Gasteiger partial charge in [0.25, 0.3) is 0 Å². The molecule has 4 aromatic rings. The van der Waals surface area contributed by atoms with Crippen molar-refractivity contribution in [3.8, 4) is 17.1 Å². The number of carbonyl (C=O) groups is 1. The number of unbranched alkanes of at least 4 members (excludes halogenated alkanes) is 1. The minimum atomic E-state index is -0.927. The number of rotatable bonds is 16. The number of carboxylic acids is 1. The van der Waals surface area contributed by atoms with E-state index in [9.17, 15) is 9.90 Å². The van der Waals surface area contributed by atoms with Gasteiger partial charge in [0.05, 0.1) is 18.1 Å². The Morgan fingerprint density at radius 3 is 2.72 bits per heavy atom. The molecule has 0 aliphatic carbocycles. The number of carboxylic acid groups (broad SMARTS) is 1. The zero-order valence-electron chi connectivity index (χ0n) is 24.4. The molecule has 1 aliphatic rings. The second-order valence-electron chi connectivity index (χ2n) is 10.6. The van der Waals surface area contributed by atoms with Gasteiger partial charge < -0.3 is 20.5 Å². The van der Waals surface area contributed by atoms with Crippen molar-refractivity contribution >= 4 is 17.6 Å². The van der Waals surface area contributed by atoms with Crippen LogP contribution >= 0.6 is 0 Å². The number of nitrogens with one attached hydrogen (secondary N) is 2. The lowest BCUT2D eigenvalue weighted by Gasteiger charge is -2.24. The summed E-state index contributed by atoms with van der Waals surface area (Å²) in [7, 11) is 0. The van der Waals surface area contributed by atoms with Crippen LogP contribution in [-0.2, 0) is 17.6 Å². The van der Waals surface area contributed by atoms with Crippen LogP contribution in [0.5, 0.6) is 5.88 Å². The van der Waals surface area contributed by atoms with Gasteiger partial charge in [0, 0.05) is 43.2 Å². The predicted molar refractivity (Wildman–Crippen MR) is 167 cm³/mol. The second kappa shape index (κ2) is 15.6.